The Kier molecular flexibility index (Phi) is 4.75. The van der Waals surface area contributed by atoms with E-state index in [-0.39, 0.29) is 13.3 Å². The van der Waals surface area contributed by atoms with Crippen molar-refractivity contribution in [1.29, 1.82) is 0 Å². The molecular weight excluding hydrogens is 346 g/mol. The van der Waals surface area contributed by atoms with Crippen LogP contribution in [0.1, 0.15) is 5.56 Å². The number of rotatable bonds is 6. The van der Waals surface area contributed by atoms with E-state index in [2.05, 4.69) is 10.3 Å². The molecule has 0 bridgehead atoms. The van der Waals surface area contributed by atoms with Crippen molar-refractivity contribution in [3.8, 4) is 11.5 Å². The van der Waals surface area contributed by atoms with Crippen molar-refractivity contribution in [2.24, 2.45) is 0 Å². The van der Waals surface area contributed by atoms with Gasteiger partial charge in [-0.25, -0.2) is 8.42 Å². The number of sulfonamides is 1. The monoisotopic (exact) mass is 363 g/mol. The van der Waals surface area contributed by atoms with Crippen LogP contribution in [0.15, 0.2) is 42.7 Å². The van der Waals surface area contributed by atoms with Gasteiger partial charge in [-0.1, -0.05) is 0 Å². The third-order valence-electron chi connectivity index (χ3n) is 3.57. The van der Waals surface area contributed by atoms with Crippen molar-refractivity contribution in [2.45, 2.75) is 6.54 Å². The van der Waals surface area contributed by atoms with Crippen LogP contribution in [0.2, 0.25) is 0 Å². The van der Waals surface area contributed by atoms with E-state index in [1.165, 1.54) is 0 Å². The topological polar surface area (TPSA) is 97.8 Å². The molecule has 0 aliphatic carbocycles. The average molecular weight is 363 g/mol. The highest BCUT2D eigenvalue weighted by Crippen LogP contribution is 2.35. The molecule has 1 aromatic carbocycles. The van der Waals surface area contributed by atoms with Crippen LogP contribution < -0.4 is 19.1 Å². The molecule has 0 saturated heterocycles. The molecule has 2 aromatic rings. The Balaban J connectivity index is 1.72. The molecule has 1 aromatic heterocycles. The first kappa shape index (κ1) is 17.0. The van der Waals surface area contributed by atoms with Crippen molar-refractivity contribution < 1.29 is 22.7 Å². The zero-order valence-corrected chi connectivity index (χ0v) is 14.3. The molecule has 9 heteroatoms. The number of benzene rings is 1. The predicted octanol–water partition coefficient (Wildman–Crippen LogP) is 0.893. The van der Waals surface area contributed by atoms with Gasteiger partial charge in [0.25, 0.3) is 0 Å². The van der Waals surface area contributed by atoms with Gasteiger partial charge in [-0.2, -0.15) is 0 Å². The summed E-state index contributed by atoms with van der Waals surface area (Å²) in [4.78, 5) is 16.1. The summed E-state index contributed by atoms with van der Waals surface area (Å²) in [7, 11) is -3.65. The smallest absolute Gasteiger partial charge is 0.241 e. The molecule has 1 N–H and O–H groups in total. The normalized spacial score (nSPS) is 12.7. The number of nitrogens with zero attached hydrogens (tertiary/aromatic N) is 2. The highest BCUT2D eigenvalue weighted by Gasteiger charge is 2.23. The standard InChI is InChI=1S/C16H17N3O5S/c1-25(21,22)19(13-2-3-14-15(8-13)24-11-23-14)10-16(20)18-9-12-4-6-17-7-5-12/h2-8H,9-11H2,1H3,(H,18,20). The Morgan fingerprint density at radius 3 is 2.64 bits per heavy atom. The number of hydrogen-bond donors (Lipinski definition) is 1. The van der Waals surface area contributed by atoms with E-state index in [1.807, 2.05) is 0 Å². The van der Waals surface area contributed by atoms with Crippen molar-refractivity contribution in [3.05, 3.63) is 48.3 Å². The Hall–Kier alpha value is -2.81. The average Bonchev–Trinajstić information content (AvgIpc) is 3.05. The summed E-state index contributed by atoms with van der Waals surface area (Å²) in [6.45, 7) is 0.0493. The van der Waals surface area contributed by atoms with E-state index < -0.39 is 15.9 Å². The third-order valence-corrected chi connectivity index (χ3v) is 4.71. The van der Waals surface area contributed by atoms with E-state index >= 15 is 0 Å². The molecule has 0 saturated carbocycles. The fourth-order valence-corrected chi connectivity index (χ4v) is 3.18. The van der Waals surface area contributed by atoms with Crippen LogP contribution in [0.5, 0.6) is 11.5 Å². The van der Waals surface area contributed by atoms with Gasteiger partial charge >= 0.3 is 0 Å². The van der Waals surface area contributed by atoms with Crippen LogP contribution in [0, 0.1) is 0 Å². The molecule has 1 amide bonds. The van der Waals surface area contributed by atoms with Gasteiger partial charge in [-0.15, -0.1) is 0 Å². The lowest BCUT2D eigenvalue weighted by molar-refractivity contribution is -0.119. The summed E-state index contributed by atoms with van der Waals surface area (Å²) in [5, 5.41) is 2.69. The summed E-state index contributed by atoms with van der Waals surface area (Å²) in [5.41, 5.74) is 1.21. The second-order valence-corrected chi connectivity index (χ2v) is 7.35. The zero-order chi connectivity index (χ0) is 17.9. The van der Waals surface area contributed by atoms with Crippen LogP contribution in [-0.4, -0.2) is 38.9 Å². The van der Waals surface area contributed by atoms with Crippen LogP contribution >= 0.6 is 0 Å². The van der Waals surface area contributed by atoms with Gasteiger partial charge in [0.05, 0.1) is 11.9 Å². The van der Waals surface area contributed by atoms with Crippen LogP contribution in [0.25, 0.3) is 0 Å². The highest BCUT2D eigenvalue weighted by molar-refractivity contribution is 7.92. The van der Waals surface area contributed by atoms with Crippen LogP contribution in [0.4, 0.5) is 5.69 Å². The van der Waals surface area contributed by atoms with Crippen molar-refractivity contribution in [3.63, 3.8) is 0 Å². The lowest BCUT2D eigenvalue weighted by Crippen LogP contribution is -2.40. The van der Waals surface area contributed by atoms with E-state index in [9.17, 15) is 13.2 Å². The summed E-state index contributed by atoms with van der Waals surface area (Å²) >= 11 is 0. The van der Waals surface area contributed by atoms with E-state index in [1.54, 1.807) is 42.7 Å². The van der Waals surface area contributed by atoms with Gasteiger partial charge in [0.15, 0.2) is 11.5 Å². The van der Waals surface area contributed by atoms with Gasteiger partial charge in [-0.3, -0.25) is 14.1 Å². The molecule has 0 unspecified atom stereocenters. The molecule has 2 heterocycles. The quantitative estimate of drug-likeness (QED) is 0.819. The Bertz CT molecular complexity index is 871. The number of carbonyl (C=O) groups excluding carboxylic acids is 1. The fraction of sp³-hybridized carbons (Fsp3) is 0.250. The van der Waals surface area contributed by atoms with E-state index in [4.69, 9.17) is 9.47 Å². The molecule has 25 heavy (non-hydrogen) atoms. The Morgan fingerprint density at radius 1 is 1.20 bits per heavy atom. The third kappa shape index (κ3) is 4.18. The predicted molar refractivity (Wildman–Crippen MR) is 90.8 cm³/mol. The Morgan fingerprint density at radius 2 is 1.92 bits per heavy atom. The molecule has 8 nitrogen and oxygen atoms in total. The molecule has 3 rings (SSSR count). The van der Waals surface area contributed by atoms with Gasteiger partial charge in [-0.05, 0) is 29.8 Å². The van der Waals surface area contributed by atoms with Crippen molar-refractivity contribution in [2.75, 3.05) is 23.9 Å². The summed E-state index contributed by atoms with van der Waals surface area (Å²) in [5.74, 6) is 0.572. The Labute approximate surface area is 145 Å². The minimum Gasteiger partial charge on any atom is -0.454 e. The zero-order valence-electron chi connectivity index (χ0n) is 13.5. The maximum Gasteiger partial charge on any atom is 0.241 e. The second kappa shape index (κ2) is 6.98. The van der Waals surface area contributed by atoms with Gasteiger partial charge < -0.3 is 14.8 Å². The number of pyridine rings is 1. The fourth-order valence-electron chi connectivity index (χ4n) is 2.33. The first-order valence-electron chi connectivity index (χ1n) is 7.46. The lowest BCUT2D eigenvalue weighted by Gasteiger charge is -2.22. The van der Waals surface area contributed by atoms with Crippen molar-refractivity contribution in [1.82, 2.24) is 10.3 Å². The number of nitrogens with one attached hydrogen (secondary N) is 1. The molecular formula is C16H17N3O5S. The second-order valence-electron chi connectivity index (χ2n) is 5.44. The SMILES string of the molecule is CS(=O)(=O)N(CC(=O)NCc1ccncc1)c1ccc2c(c1)OCO2. The number of ether oxygens (including phenoxy) is 2. The molecule has 0 radical (unpaired) electrons. The molecule has 0 fully saturated rings. The summed E-state index contributed by atoms with van der Waals surface area (Å²) in [6.07, 6.45) is 4.29. The van der Waals surface area contributed by atoms with E-state index in [0.717, 1.165) is 16.1 Å². The lowest BCUT2D eigenvalue weighted by atomic mass is 10.2. The highest BCUT2D eigenvalue weighted by atomic mass is 32.2. The molecule has 0 atom stereocenters. The number of aromatic nitrogens is 1. The molecule has 0 spiro atoms. The number of amides is 1. The van der Waals surface area contributed by atoms with E-state index in [0.29, 0.717) is 23.7 Å². The summed E-state index contributed by atoms with van der Waals surface area (Å²) in [6, 6.07) is 8.27. The van der Waals surface area contributed by atoms with Gasteiger partial charge in [0.1, 0.15) is 6.54 Å². The molecule has 1 aliphatic rings. The van der Waals surface area contributed by atoms with Gasteiger partial charge in [0, 0.05) is 25.0 Å². The first-order chi connectivity index (χ1) is 11.9. The number of carbonyl (C=O) groups is 1. The number of anilines is 1. The maximum absolute atomic E-state index is 12.2. The van der Waals surface area contributed by atoms with Gasteiger partial charge in [0.2, 0.25) is 22.7 Å². The van der Waals surface area contributed by atoms with Crippen LogP contribution in [0.3, 0.4) is 0 Å². The maximum atomic E-state index is 12.2. The number of hydrogen-bond acceptors (Lipinski definition) is 6. The van der Waals surface area contributed by atoms with Crippen molar-refractivity contribution >= 4 is 21.6 Å². The first-order valence-corrected chi connectivity index (χ1v) is 9.31. The largest absolute Gasteiger partial charge is 0.454 e. The van der Waals surface area contributed by atoms with Crippen LogP contribution in [-0.2, 0) is 21.4 Å². The molecule has 132 valence electrons. The summed E-state index contributed by atoms with van der Waals surface area (Å²) < 4.78 is 35.7. The minimum absolute atomic E-state index is 0.0874. The minimum atomic E-state index is -3.65. The molecule has 1 aliphatic heterocycles. The number of fused-ring (bicyclic) bond motifs is 1.